The summed E-state index contributed by atoms with van der Waals surface area (Å²) in [6, 6.07) is 10.3. The fraction of sp³-hybridized carbons (Fsp3) is 0.433. The van der Waals surface area contributed by atoms with Crippen molar-refractivity contribution in [1.29, 1.82) is 0 Å². The Kier molecular flexibility index (Phi) is 9.56. The molecule has 1 aliphatic carbocycles. The lowest BCUT2D eigenvalue weighted by Gasteiger charge is -2.36. The van der Waals surface area contributed by atoms with E-state index in [2.05, 4.69) is 4.98 Å². The number of phenols is 1. The van der Waals surface area contributed by atoms with Crippen LogP contribution in [0.15, 0.2) is 53.7 Å². The number of likely N-dealkylation sites (tertiary alicyclic amines) is 1. The molecule has 1 fully saturated rings. The number of fused-ring (bicyclic) bond motifs is 1. The van der Waals surface area contributed by atoms with Crippen LogP contribution >= 0.6 is 11.6 Å². The summed E-state index contributed by atoms with van der Waals surface area (Å²) in [5.74, 6) is -2.34. The largest absolute Gasteiger partial charge is 0.508 e. The monoisotopic (exact) mass is 554 g/mol. The zero-order chi connectivity index (χ0) is 28.1. The number of pyridine rings is 1. The van der Waals surface area contributed by atoms with E-state index in [4.69, 9.17) is 16.3 Å². The van der Waals surface area contributed by atoms with Crippen molar-refractivity contribution < 1.29 is 29.6 Å². The average Bonchev–Trinajstić information content (AvgIpc) is 3.16. The molecule has 1 aromatic heterocycles. The first-order chi connectivity index (χ1) is 18.8. The van der Waals surface area contributed by atoms with E-state index in [1.165, 1.54) is 11.0 Å². The summed E-state index contributed by atoms with van der Waals surface area (Å²) >= 11 is 6.36. The van der Waals surface area contributed by atoms with E-state index >= 15 is 0 Å². The number of aliphatic hydroxyl groups excluding tert-OH is 2. The smallest absolute Gasteiger partial charge is 0.233 e. The van der Waals surface area contributed by atoms with E-state index < -0.39 is 23.9 Å². The summed E-state index contributed by atoms with van der Waals surface area (Å²) in [6.07, 6.45) is 4.27. The van der Waals surface area contributed by atoms with Gasteiger partial charge in [0.05, 0.1) is 41.9 Å². The van der Waals surface area contributed by atoms with Gasteiger partial charge in [0.1, 0.15) is 5.75 Å². The Labute approximate surface area is 233 Å². The first-order valence-corrected chi connectivity index (χ1v) is 13.6. The number of phenolic OH excluding ortho intramolecular Hbond substituents is 1. The number of amides is 2. The van der Waals surface area contributed by atoms with Crippen LogP contribution in [-0.2, 0) is 14.3 Å². The van der Waals surface area contributed by atoms with Gasteiger partial charge in [0.2, 0.25) is 11.8 Å². The summed E-state index contributed by atoms with van der Waals surface area (Å²) in [5, 5.41) is 32.1. The molecule has 9 heteroatoms. The Bertz CT molecular complexity index is 1260. The molecule has 2 heterocycles. The number of hydrogen-bond acceptors (Lipinski definition) is 7. The van der Waals surface area contributed by atoms with Crippen LogP contribution in [0.1, 0.15) is 43.9 Å². The number of carbonyl (C=O) groups is 2. The highest BCUT2D eigenvalue weighted by Gasteiger charge is 2.54. The van der Waals surface area contributed by atoms with Crippen molar-refractivity contribution in [3.63, 3.8) is 0 Å². The maximum Gasteiger partial charge on any atom is 0.233 e. The number of benzene rings is 1. The number of carbonyl (C=O) groups excluding carboxylic acids is 2. The molecule has 0 bridgehead atoms. The summed E-state index contributed by atoms with van der Waals surface area (Å²) in [5.41, 5.74) is 3.59. The number of methoxy groups -OCH3 is 1. The predicted molar refractivity (Wildman–Crippen MR) is 149 cm³/mol. The highest BCUT2D eigenvalue weighted by Crippen LogP contribution is 2.46. The average molecular weight is 555 g/mol. The van der Waals surface area contributed by atoms with Crippen molar-refractivity contribution in [2.45, 2.75) is 38.7 Å². The van der Waals surface area contributed by atoms with Gasteiger partial charge in [0.25, 0.3) is 0 Å². The number of nitrogens with zero attached hydrogens (tertiary/aromatic N) is 2. The van der Waals surface area contributed by atoms with E-state index in [-0.39, 0.29) is 37.2 Å². The molecule has 8 nitrogen and oxygen atoms in total. The predicted octanol–water partition coefficient (Wildman–Crippen LogP) is 4.09. The molecule has 1 aromatic carbocycles. The van der Waals surface area contributed by atoms with Gasteiger partial charge in [0.15, 0.2) is 0 Å². The summed E-state index contributed by atoms with van der Waals surface area (Å²) in [6.45, 7) is 2.10. The first-order valence-electron chi connectivity index (χ1n) is 13.3. The SMILES string of the molecule is CCCN1C(=O)[C@@H]2[C@@H](CC(COC)=C([C@H](O)CC/C(=C/c3ccc(O)cc3Cl)c3ccccn3)[C@@H]2CO)C1=O. The molecule has 0 unspecified atom stereocenters. The first kappa shape index (κ1) is 29.0. The molecule has 4 atom stereocenters. The molecule has 2 amide bonds. The molecule has 1 aliphatic heterocycles. The van der Waals surface area contributed by atoms with Gasteiger partial charge in [-0.3, -0.25) is 19.5 Å². The Hall–Kier alpha value is -3.04. The number of hydrogen-bond donors (Lipinski definition) is 3. The highest BCUT2D eigenvalue weighted by atomic mass is 35.5. The molecule has 4 rings (SSSR count). The van der Waals surface area contributed by atoms with E-state index in [0.717, 1.165) is 11.1 Å². The van der Waals surface area contributed by atoms with Gasteiger partial charge in [-0.1, -0.05) is 24.6 Å². The number of imide groups is 1. The van der Waals surface area contributed by atoms with Gasteiger partial charge in [-0.2, -0.15) is 0 Å². The van der Waals surface area contributed by atoms with Crippen LogP contribution < -0.4 is 0 Å². The van der Waals surface area contributed by atoms with Gasteiger partial charge in [-0.05, 0) is 84.4 Å². The molecule has 0 spiro atoms. The lowest BCUT2D eigenvalue weighted by Crippen LogP contribution is -2.39. The molecule has 2 aliphatic rings. The van der Waals surface area contributed by atoms with Crippen LogP contribution in [0.4, 0.5) is 0 Å². The minimum atomic E-state index is -0.973. The molecule has 3 N–H and O–H groups in total. The van der Waals surface area contributed by atoms with Crippen LogP contribution in [0.5, 0.6) is 5.75 Å². The molecule has 39 heavy (non-hydrogen) atoms. The third-order valence-corrected chi connectivity index (χ3v) is 7.92. The van der Waals surface area contributed by atoms with E-state index in [1.807, 2.05) is 31.2 Å². The second-order valence-electron chi connectivity index (χ2n) is 10.1. The summed E-state index contributed by atoms with van der Waals surface area (Å²) in [7, 11) is 1.55. The van der Waals surface area contributed by atoms with Crippen LogP contribution in [0.25, 0.3) is 11.6 Å². The maximum atomic E-state index is 13.3. The van der Waals surface area contributed by atoms with Gasteiger partial charge < -0.3 is 20.1 Å². The lowest BCUT2D eigenvalue weighted by atomic mass is 9.68. The van der Waals surface area contributed by atoms with Crippen molar-refractivity contribution in [2.75, 3.05) is 26.9 Å². The zero-order valence-electron chi connectivity index (χ0n) is 22.2. The van der Waals surface area contributed by atoms with Gasteiger partial charge in [0, 0.05) is 25.8 Å². The summed E-state index contributed by atoms with van der Waals surface area (Å²) in [4.78, 5) is 32.1. The second kappa shape index (κ2) is 12.9. The van der Waals surface area contributed by atoms with Gasteiger partial charge in [-0.25, -0.2) is 0 Å². The Morgan fingerprint density at radius 3 is 2.69 bits per heavy atom. The van der Waals surface area contributed by atoms with Crippen molar-refractivity contribution in [3.05, 3.63) is 70.0 Å². The normalized spacial score (nSPS) is 22.4. The Balaban J connectivity index is 1.65. The molecule has 2 aromatic rings. The quantitative estimate of drug-likeness (QED) is 0.283. The number of rotatable bonds is 11. The molecule has 0 radical (unpaired) electrons. The van der Waals surface area contributed by atoms with Crippen LogP contribution in [0, 0.1) is 17.8 Å². The van der Waals surface area contributed by atoms with Crippen LogP contribution in [0.2, 0.25) is 5.02 Å². The van der Waals surface area contributed by atoms with Crippen LogP contribution in [-0.4, -0.2) is 70.0 Å². The number of halogens is 1. The number of ether oxygens (including phenoxy) is 1. The van der Waals surface area contributed by atoms with E-state index in [9.17, 15) is 24.9 Å². The lowest BCUT2D eigenvalue weighted by molar-refractivity contribution is -0.140. The van der Waals surface area contributed by atoms with Crippen molar-refractivity contribution in [2.24, 2.45) is 17.8 Å². The Morgan fingerprint density at radius 1 is 1.26 bits per heavy atom. The fourth-order valence-corrected chi connectivity index (χ4v) is 6.10. The number of allylic oxidation sites excluding steroid dienone is 1. The van der Waals surface area contributed by atoms with Crippen LogP contribution in [0.3, 0.4) is 0 Å². The van der Waals surface area contributed by atoms with Gasteiger partial charge >= 0.3 is 0 Å². The molecule has 1 saturated heterocycles. The maximum absolute atomic E-state index is 13.3. The second-order valence-corrected chi connectivity index (χ2v) is 10.5. The minimum absolute atomic E-state index is 0.0626. The molecule has 208 valence electrons. The topological polar surface area (TPSA) is 120 Å². The standard InChI is InChI=1S/C30H35ClN2O6/c1-3-12-33-29(37)22-14-20(17-39-2)27(23(16-34)28(22)30(33)38)26(36)10-8-19(25-6-4-5-11-32-25)13-18-7-9-21(35)15-24(18)31/h4-7,9,11,13,15,22-23,26,28,34-36H,3,8,10,12,14,16-17H2,1-2H3/b19-13-/t22-,23+,26-,28-/m1/s1. The minimum Gasteiger partial charge on any atom is -0.508 e. The third-order valence-electron chi connectivity index (χ3n) is 7.59. The van der Waals surface area contributed by atoms with Crippen molar-refractivity contribution in [1.82, 2.24) is 9.88 Å². The fourth-order valence-electron chi connectivity index (χ4n) is 5.87. The van der Waals surface area contributed by atoms with E-state index in [1.54, 1.807) is 25.4 Å². The Morgan fingerprint density at radius 2 is 2.05 bits per heavy atom. The summed E-state index contributed by atoms with van der Waals surface area (Å²) < 4.78 is 5.42. The van der Waals surface area contributed by atoms with E-state index in [0.29, 0.717) is 47.7 Å². The number of aromatic hydroxyl groups is 1. The zero-order valence-corrected chi connectivity index (χ0v) is 23.0. The number of aliphatic hydroxyl groups is 2. The number of aromatic nitrogens is 1. The van der Waals surface area contributed by atoms with Crippen molar-refractivity contribution >= 4 is 35.1 Å². The third kappa shape index (κ3) is 6.09. The molecular formula is C30H35ClN2O6. The highest BCUT2D eigenvalue weighted by molar-refractivity contribution is 6.32. The molecule has 0 saturated carbocycles. The van der Waals surface area contributed by atoms with Crippen molar-refractivity contribution in [3.8, 4) is 5.75 Å². The van der Waals surface area contributed by atoms with Gasteiger partial charge in [-0.15, -0.1) is 0 Å². The molecular weight excluding hydrogens is 520 g/mol.